The van der Waals surface area contributed by atoms with E-state index in [-0.39, 0.29) is 34.7 Å². The number of hydrogen-bond acceptors (Lipinski definition) is 7. The first-order valence-electron chi connectivity index (χ1n) is 5.97. The molecule has 0 bridgehead atoms. The van der Waals surface area contributed by atoms with Gasteiger partial charge in [0.1, 0.15) is 17.9 Å². The maximum Gasteiger partial charge on any atom is 0.332 e. The summed E-state index contributed by atoms with van der Waals surface area (Å²) >= 11 is 5.81. The highest BCUT2D eigenvalue weighted by atomic mass is 35.5. The number of aromatic nitrogens is 2. The zero-order valence-corrected chi connectivity index (χ0v) is 12.1. The summed E-state index contributed by atoms with van der Waals surface area (Å²) in [6, 6.07) is 0. The summed E-state index contributed by atoms with van der Waals surface area (Å²) in [5, 5.41) is 11.2. The molecule has 0 spiro atoms. The molecule has 0 amide bonds. The molecule has 8 nitrogen and oxygen atoms in total. The molecule has 0 N–H and O–H groups in total. The van der Waals surface area contributed by atoms with Crippen molar-refractivity contribution in [2.45, 2.75) is 19.1 Å². The third-order valence-corrected chi connectivity index (χ3v) is 3.48. The summed E-state index contributed by atoms with van der Waals surface area (Å²) in [6.45, 7) is 2.43. The zero-order chi connectivity index (χ0) is 14.9. The van der Waals surface area contributed by atoms with Crippen LogP contribution in [0.1, 0.15) is 5.69 Å². The second-order valence-corrected chi connectivity index (χ2v) is 4.80. The van der Waals surface area contributed by atoms with Crippen molar-refractivity contribution >= 4 is 23.1 Å². The van der Waals surface area contributed by atoms with Crippen LogP contribution >= 0.6 is 11.6 Å². The lowest BCUT2D eigenvalue weighted by Gasteiger charge is -2.17. The van der Waals surface area contributed by atoms with Gasteiger partial charge in [0.05, 0.1) is 4.92 Å². The van der Waals surface area contributed by atoms with Gasteiger partial charge in [0.25, 0.3) is 0 Å². The molecule has 2 rings (SSSR count). The third-order valence-electron chi connectivity index (χ3n) is 3.32. The number of halogens is 1. The van der Waals surface area contributed by atoms with Crippen LogP contribution in [0.4, 0.5) is 11.5 Å². The Morgan fingerprint density at radius 3 is 2.30 bits per heavy atom. The summed E-state index contributed by atoms with van der Waals surface area (Å²) in [6.07, 6.45) is -0.345. The highest BCUT2D eigenvalue weighted by molar-refractivity contribution is 6.28. The molecule has 0 saturated carbocycles. The lowest BCUT2D eigenvalue weighted by Crippen LogP contribution is -2.27. The average Bonchev–Trinajstić information content (AvgIpc) is 2.80. The van der Waals surface area contributed by atoms with Crippen molar-refractivity contribution in [2.24, 2.45) is 0 Å². The Hall–Kier alpha value is -1.51. The van der Waals surface area contributed by atoms with Crippen LogP contribution in [0, 0.1) is 17.0 Å². The van der Waals surface area contributed by atoms with Crippen LogP contribution in [-0.4, -0.2) is 54.4 Å². The summed E-state index contributed by atoms with van der Waals surface area (Å²) < 4.78 is 10.6. The normalized spacial score (nSPS) is 22.3. The standard InChI is InChI=1S/C11H15ClN4O4/c1-6-9(16(17)18)10(14-11(12)13-6)15-4-7(19-2)8(5-15)20-3/h7-8H,4-5H2,1-3H3. The number of aryl methyl sites for hydroxylation is 1. The van der Waals surface area contributed by atoms with E-state index in [1.807, 2.05) is 0 Å². The van der Waals surface area contributed by atoms with Gasteiger partial charge in [-0.05, 0) is 18.5 Å². The van der Waals surface area contributed by atoms with Gasteiger partial charge < -0.3 is 14.4 Å². The first-order valence-corrected chi connectivity index (χ1v) is 6.34. The topological polar surface area (TPSA) is 90.6 Å². The Bertz CT molecular complexity index is 515. The van der Waals surface area contributed by atoms with Crippen molar-refractivity contribution in [1.29, 1.82) is 0 Å². The number of anilines is 1. The minimum atomic E-state index is -0.497. The van der Waals surface area contributed by atoms with E-state index in [9.17, 15) is 10.1 Å². The summed E-state index contributed by atoms with van der Waals surface area (Å²) in [4.78, 5) is 20.3. The van der Waals surface area contributed by atoms with Crippen LogP contribution in [0.25, 0.3) is 0 Å². The molecule has 2 heterocycles. The van der Waals surface area contributed by atoms with Gasteiger partial charge in [-0.2, -0.15) is 4.98 Å². The number of nitro groups is 1. The van der Waals surface area contributed by atoms with Crippen molar-refractivity contribution in [3.8, 4) is 0 Å². The number of ether oxygens (including phenoxy) is 2. The lowest BCUT2D eigenvalue weighted by atomic mass is 10.3. The quantitative estimate of drug-likeness (QED) is 0.469. The van der Waals surface area contributed by atoms with E-state index >= 15 is 0 Å². The largest absolute Gasteiger partial charge is 0.377 e. The molecule has 0 aromatic carbocycles. The Morgan fingerprint density at radius 2 is 1.85 bits per heavy atom. The monoisotopic (exact) mass is 302 g/mol. The predicted molar refractivity (Wildman–Crippen MR) is 72.2 cm³/mol. The molecule has 9 heteroatoms. The van der Waals surface area contributed by atoms with Gasteiger partial charge in [-0.3, -0.25) is 10.1 Å². The number of nitrogens with zero attached hydrogens (tertiary/aromatic N) is 4. The van der Waals surface area contributed by atoms with Gasteiger partial charge in [-0.25, -0.2) is 4.98 Å². The number of rotatable bonds is 4. The fourth-order valence-corrected chi connectivity index (χ4v) is 2.53. The Morgan fingerprint density at radius 1 is 1.30 bits per heavy atom. The van der Waals surface area contributed by atoms with Crippen molar-refractivity contribution in [3.05, 3.63) is 21.1 Å². The molecule has 1 aromatic heterocycles. The van der Waals surface area contributed by atoms with Gasteiger partial charge in [-0.15, -0.1) is 0 Å². The van der Waals surface area contributed by atoms with Gasteiger partial charge in [0.2, 0.25) is 11.1 Å². The first kappa shape index (κ1) is 14.9. The summed E-state index contributed by atoms with van der Waals surface area (Å²) in [5.74, 6) is 0.203. The van der Waals surface area contributed by atoms with Crippen molar-refractivity contribution in [3.63, 3.8) is 0 Å². The number of methoxy groups -OCH3 is 2. The molecule has 20 heavy (non-hydrogen) atoms. The number of hydrogen-bond donors (Lipinski definition) is 0. The maximum absolute atomic E-state index is 11.2. The van der Waals surface area contributed by atoms with Gasteiger partial charge in [-0.1, -0.05) is 0 Å². The third kappa shape index (κ3) is 2.67. The van der Waals surface area contributed by atoms with E-state index < -0.39 is 4.92 Å². The SMILES string of the molecule is COC1CN(c2nc(Cl)nc(C)c2[N+](=O)[O-])CC1OC. The zero-order valence-electron chi connectivity index (χ0n) is 11.4. The summed E-state index contributed by atoms with van der Waals surface area (Å²) in [7, 11) is 3.15. The van der Waals surface area contributed by atoms with Crippen LogP contribution in [0.5, 0.6) is 0 Å². The predicted octanol–water partition coefficient (Wildman–Crippen LogP) is 1.20. The summed E-state index contributed by atoms with van der Waals surface area (Å²) in [5.41, 5.74) is 0.0980. The first-order chi connectivity index (χ1) is 9.47. The molecule has 0 radical (unpaired) electrons. The van der Waals surface area contributed by atoms with Gasteiger partial charge in [0.15, 0.2) is 0 Å². The van der Waals surface area contributed by atoms with E-state index in [1.54, 1.807) is 19.1 Å². The second kappa shape index (κ2) is 5.86. The molecular formula is C11H15ClN4O4. The average molecular weight is 303 g/mol. The highest BCUT2D eigenvalue weighted by Crippen LogP contribution is 2.32. The molecule has 1 aliphatic rings. The van der Waals surface area contributed by atoms with Crippen molar-refractivity contribution in [1.82, 2.24) is 9.97 Å². The van der Waals surface area contributed by atoms with Crippen molar-refractivity contribution in [2.75, 3.05) is 32.2 Å². The van der Waals surface area contributed by atoms with E-state index in [2.05, 4.69) is 9.97 Å². The molecule has 110 valence electrons. The maximum atomic E-state index is 11.2. The molecule has 2 unspecified atom stereocenters. The minimum Gasteiger partial charge on any atom is -0.377 e. The minimum absolute atomic E-state index is 0.0158. The molecule has 1 aliphatic heterocycles. The second-order valence-electron chi connectivity index (χ2n) is 4.46. The molecular weight excluding hydrogens is 288 g/mol. The van der Waals surface area contributed by atoms with Gasteiger partial charge in [0, 0.05) is 27.3 Å². The molecule has 1 aromatic rings. The van der Waals surface area contributed by atoms with E-state index in [0.29, 0.717) is 13.1 Å². The highest BCUT2D eigenvalue weighted by Gasteiger charge is 2.37. The van der Waals surface area contributed by atoms with Crippen LogP contribution in [0.15, 0.2) is 0 Å². The molecule has 1 fully saturated rings. The lowest BCUT2D eigenvalue weighted by molar-refractivity contribution is -0.385. The Kier molecular flexibility index (Phi) is 4.36. The van der Waals surface area contributed by atoms with Crippen molar-refractivity contribution < 1.29 is 14.4 Å². The van der Waals surface area contributed by atoms with E-state index in [0.717, 1.165) is 0 Å². The van der Waals surface area contributed by atoms with E-state index in [1.165, 1.54) is 6.92 Å². The van der Waals surface area contributed by atoms with Crippen LogP contribution in [-0.2, 0) is 9.47 Å². The van der Waals surface area contributed by atoms with Crippen LogP contribution in [0.3, 0.4) is 0 Å². The molecule has 1 saturated heterocycles. The Balaban J connectivity index is 2.40. The molecule has 2 atom stereocenters. The van der Waals surface area contributed by atoms with Crippen LogP contribution in [0.2, 0.25) is 5.28 Å². The Labute approximate surface area is 120 Å². The smallest absolute Gasteiger partial charge is 0.332 e. The fourth-order valence-electron chi connectivity index (χ4n) is 2.32. The van der Waals surface area contributed by atoms with E-state index in [4.69, 9.17) is 21.1 Å². The fraction of sp³-hybridized carbons (Fsp3) is 0.636. The van der Waals surface area contributed by atoms with Gasteiger partial charge >= 0.3 is 5.69 Å². The molecule has 0 aliphatic carbocycles. The van der Waals surface area contributed by atoms with Crippen LogP contribution < -0.4 is 4.90 Å².